The van der Waals surface area contributed by atoms with Gasteiger partial charge in [0.15, 0.2) is 11.2 Å². The van der Waals surface area contributed by atoms with Gasteiger partial charge in [0.1, 0.15) is 0 Å². The Morgan fingerprint density at radius 1 is 0.783 bits per heavy atom. The van der Waals surface area contributed by atoms with Gasteiger partial charge in [0, 0.05) is 0 Å². The molecule has 0 spiro atoms. The van der Waals surface area contributed by atoms with E-state index in [0.29, 0.717) is 12.8 Å². The van der Waals surface area contributed by atoms with Crippen LogP contribution in [0.4, 0.5) is 0 Å². The van der Waals surface area contributed by atoms with Crippen LogP contribution < -0.4 is 0 Å². The summed E-state index contributed by atoms with van der Waals surface area (Å²) in [5, 5.41) is 35.9. The number of aliphatic carboxylic acids is 2. The molecule has 23 heavy (non-hydrogen) atoms. The average molecular weight is 334 g/mol. The Kier molecular flexibility index (Phi) is 12.9. The topological polar surface area (TPSA) is 115 Å². The summed E-state index contributed by atoms with van der Waals surface area (Å²) < 4.78 is 0. The van der Waals surface area contributed by atoms with Crippen molar-refractivity contribution in [2.24, 2.45) is 0 Å². The van der Waals surface area contributed by atoms with E-state index < -0.39 is 23.1 Å². The maximum atomic E-state index is 10.6. The summed E-state index contributed by atoms with van der Waals surface area (Å²) in [7, 11) is 0. The maximum absolute atomic E-state index is 10.6. The summed E-state index contributed by atoms with van der Waals surface area (Å²) in [5.74, 6) is -2.23. The highest BCUT2D eigenvalue weighted by Gasteiger charge is 2.32. The van der Waals surface area contributed by atoms with Crippen LogP contribution in [0.25, 0.3) is 0 Å². The van der Waals surface area contributed by atoms with E-state index in [1.807, 2.05) is 13.8 Å². The van der Waals surface area contributed by atoms with Crippen molar-refractivity contribution < 1.29 is 30.0 Å². The van der Waals surface area contributed by atoms with Crippen molar-refractivity contribution in [2.75, 3.05) is 0 Å². The van der Waals surface area contributed by atoms with Crippen LogP contribution in [0, 0.1) is 0 Å². The van der Waals surface area contributed by atoms with E-state index in [4.69, 9.17) is 10.2 Å². The number of hydrogen-bond donors (Lipinski definition) is 4. The van der Waals surface area contributed by atoms with E-state index >= 15 is 0 Å². The van der Waals surface area contributed by atoms with Crippen molar-refractivity contribution in [3.05, 3.63) is 0 Å². The molecule has 0 amide bonds. The molecule has 0 fully saturated rings. The van der Waals surface area contributed by atoms with Crippen LogP contribution >= 0.6 is 0 Å². The first kappa shape index (κ1) is 24.1. The Morgan fingerprint density at radius 3 is 1.52 bits per heavy atom. The molecular formula is C17H34O6. The normalized spacial score (nSPS) is 15.7. The summed E-state index contributed by atoms with van der Waals surface area (Å²) in [6.45, 7) is 7.12. The fourth-order valence-electron chi connectivity index (χ4n) is 1.93. The van der Waals surface area contributed by atoms with Gasteiger partial charge in [-0.05, 0) is 39.0 Å². The molecule has 0 bridgehead atoms. The molecule has 6 heteroatoms. The summed E-state index contributed by atoms with van der Waals surface area (Å²) in [5.41, 5.74) is -3.02. The molecular weight excluding hydrogens is 300 g/mol. The number of rotatable bonds is 11. The second kappa shape index (κ2) is 12.3. The summed E-state index contributed by atoms with van der Waals surface area (Å²) in [6, 6.07) is 0. The molecule has 0 aliphatic heterocycles. The second-order valence-corrected chi connectivity index (χ2v) is 6.18. The third-order valence-corrected chi connectivity index (χ3v) is 3.90. The summed E-state index contributed by atoms with van der Waals surface area (Å²) in [6.07, 6.45) is 6.59. The van der Waals surface area contributed by atoms with Gasteiger partial charge >= 0.3 is 11.9 Å². The molecule has 0 aromatic heterocycles. The molecule has 0 rings (SSSR count). The monoisotopic (exact) mass is 334 g/mol. The third kappa shape index (κ3) is 11.1. The van der Waals surface area contributed by atoms with Gasteiger partial charge in [-0.15, -0.1) is 0 Å². The Hall–Kier alpha value is -1.14. The van der Waals surface area contributed by atoms with Crippen LogP contribution in [0.5, 0.6) is 0 Å². The first-order valence-electron chi connectivity index (χ1n) is 8.48. The minimum atomic E-state index is -1.53. The molecule has 0 aliphatic rings. The van der Waals surface area contributed by atoms with Crippen molar-refractivity contribution in [1.29, 1.82) is 0 Å². The quantitative estimate of drug-likeness (QED) is 0.431. The third-order valence-electron chi connectivity index (χ3n) is 3.90. The van der Waals surface area contributed by atoms with E-state index in [9.17, 15) is 19.8 Å². The minimum Gasteiger partial charge on any atom is -0.479 e. The molecule has 0 saturated heterocycles. The standard InChI is InChI=1S/C9H18O3.C8H16O3/c1-3-5-6-7-9(12,4-2)8(10)11;1-3-4-5-6-8(2,11)7(9)10/h12H,3-7H2,1-2H3,(H,10,11);11H,3-6H2,1-2H3,(H,9,10). The number of aliphatic hydroxyl groups is 2. The van der Waals surface area contributed by atoms with Crippen LogP contribution in [0.3, 0.4) is 0 Å². The molecule has 0 saturated carbocycles. The predicted octanol–water partition coefficient (Wildman–Crippen LogP) is 3.19. The van der Waals surface area contributed by atoms with Crippen molar-refractivity contribution in [3.63, 3.8) is 0 Å². The van der Waals surface area contributed by atoms with Gasteiger partial charge in [0.25, 0.3) is 0 Å². The van der Waals surface area contributed by atoms with E-state index in [1.165, 1.54) is 6.92 Å². The number of carboxylic acid groups (broad SMARTS) is 2. The molecule has 0 aromatic rings. The van der Waals surface area contributed by atoms with Crippen LogP contribution in [-0.2, 0) is 9.59 Å². The smallest absolute Gasteiger partial charge is 0.335 e. The van der Waals surface area contributed by atoms with Crippen molar-refractivity contribution >= 4 is 11.9 Å². The van der Waals surface area contributed by atoms with Crippen LogP contribution in [0.15, 0.2) is 0 Å². The fraction of sp³-hybridized carbons (Fsp3) is 0.882. The largest absolute Gasteiger partial charge is 0.479 e. The lowest BCUT2D eigenvalue weighted by Crippen LogP contribution is -2.37. The molecule has 138 valence electrons. The zero-order valence-corrected chi connectivity index (χ0v) is 15.0. The fourth-order valence-corrected chi connectivity index (χ4v) is 1.93. The zero-order valence-electron chi connectivity index (χ0n) is 15.0. The molecule has 0 aromatic carbocycles. The number of unbranched alkanes of at least 4 members (excludes halogenated alkanes) is 4. The van der Waals surface area contributed by atoms with Crippen molar-refractivity contribution in [1.82, 2.24) is 0 Å². The Balaban J connectivity index is 0. The first-order valence-corrected chi connectivity index (χ1v) is 8.48. The van der Waals surface area contributed by atoms with Crippen LogP contribution in [0.1, 0.15) is 85.5 Å². The average Bonchev–Trinajstić information content (AvgIpc) is 2.47. The van der Waals surface area contributed by atoms with Gasteiger partial charge in [-0.1, -0.05) is 46.5 Å². The molecule has 4 N–H and O–H groups in total. The SMILES string of the molecule is CCCCCC(C)(O)C(=O)O.CCCCCC(O)(CC)C(=O)O. The predicted molar refractivity (Wildman–Crippen MR) is 89.4 cm³/mol. The highest BCUT2D eigenvalue weighted by atomic mass is 16.4. The highest BCUT2D eigenvalue weighted by molar-refractivity contribution is 5.77. The molecule has 6 nitrogen and oxygen atoms in total. The van der Waals surface area contributed by atoms with E-state index in [1.54, 1.807) is 6.92 Å². The molecule has 0 aliphatic carbocycles. The molecule has 0 heterocycles. The lowest BCUT2D eigenvalue weighted by Gasteiger charge is -2.20. The lowest BCUT2D eigenvalue weighted by atomic mass is 9.94. The summed E-state index contributed by atoms with van der Waals surface area (Å²) in [4.78, 5) is 21.0. The van der Waals surface area contributed by atoms with Crippen LogP contribution in [0.2, 0.25) is 0 Å². The van der Waals surface area contributed by atoms with Crippen molar-refractivity contribution in [3.8, 4) is 0 Å². The lowest BCUT2D eigenvalue weighted by molar-refractivity contribution is -0.159. The van der Waals surface area contributed by atoms with Gasteiger partial charge in [-0.3, -0.25) is 0 Å². The first-order chi connectivity index (χ1) is 10.6. The van der Waals surface area contributed by atoms with E-state index in [2.05, 4.69) is 0 Å². The second-order valence-electron chi connectivity index (χ2n) is 6.18. The van der Waals surface area contributed by atoms with E-state index in [0.717, 1.165) is 38.5 Å². The molecule has 2 unspecified atom stereocenters. The van der Waals surface area contributed by atoms with E-state index in [-0.39, 0.29) is 6.42 Å². The van der Waals surface area contributed by atoms with Gasteiger partial charge in [0.2, 0.25) is 0 Å². The molecule has 0 radical (unpaired) electrons. The summed E-state index contributed by atoms with van der Waals surface area (Å²) >= 11 is 0. The molecule has 2 atom stereocenters. The minimum absolute atomic E-state index is 0.284. The van der Waals surface area contributed by atoms with Crippen LogP contribution in [-0.4, -0.2) is 43.6 Å². The Labute approximate surface area is 139 Å². The van der Waals surface area contributed by atoms with Gasteiger partial charge in [0.05, 0.1) is 0 Å². The Morgan fingerprint density at radius 2 is 1.22 bits per heavy atom. The number of hydrogen-bond acceptors (Lipinski definition) is 4. The highest BCUT2D eigenvalue weighted by Crippen LogP contribution is 2.19. The zero-order chi connectivity index (χ0) is 18.5. The van der Waals surface area contributed by atoms with Gasteiger partial charge in [-0.2, -0.15) is 0 Å². The number of carbonyl (C=O) groups is 2. The van der Waals surface area contributed by atoms with Crippen molar-refractivity contribution in [2.45, 2.75) is 96.7 Å². The Bertz CT molecular complexity index is 340. The number of carboxylic acids is 2. The van der Waals surface area contributed by atoms with Gasteiger partial charge < -0.3 is 20.4 Å². The maximum Gasteiger partial charge on any atom is 0.335 e. The van der Waals surface area contributed by atoms with Gasteiger partial charge in [-0.25, -0.2) is 9.59 Å².